The highest BCUT2D eigenvalue weighted by molar-refractivity contribution is 9.10. The molecule has 0 aromatic heterocycles. The van der Waals surface area contributed by atoms with Gasteiger partial charge in [-0.1, -0.05) is 71.4 Å². The second-order valence-corrected chi connectivity index (χ2v) is 8.30. The second kappa shape index (κ2) is 11.0. The highest BCUT2D eigenvalue weighted by Crippen LogP contribution is 2.25. The molecule has 5 nitrogen and oxygen atoms in total. The lowest BCUT2D eigenvalue weighted by molar-refractivity contribution is -0.142. The van der Waals surface area contributed by atoms with Gasteiger partial charge >= 0.3 is 0 Å². The third kappa shape index (κ3) is 6.07. The van der Waals surface area contributed by atoms with Gasteiger partial charge in [0, 0.05) is 22.9 Å². The van der Waals surface area contributed by atoms with E-state index < -0.39 is 6.04 Å². The minimum atomic E-state index is -0.617. The van der Waals surface area contributed by atoms with Crippen molar-refractivity contribution in [1.82, 2.24) is 10.2 Å². The fourth-order valence-corrected chi connectivity index (χ4v) is 3.80. The number of carbonyl (C=O) groups excluding carboxylic acids is 2. The molecule has 0 saturated heterocycles. The molecule has 0 aliphatic heterocycles. The van der Waals surface area contributed by atoms with Crippen molar-refractivity contribution >= 4 is 38.5 Å². The molecule has 6 heteroatoms. The first kappa shape index (κ1) is 22.8. The number of benzene rings is 3. The van der Waals surface area contributed by atoms with Crippen molar-refractivity contribution in [3.05, 3.63) is 76.8 Å². The van der Waals surface area contributed by atoms with Gasteiger partial charge in [-0.2, -0.15) is 0 Å². The zero-order valence-corrected chi connectivity index (χ0v) is 19.4. The zero-order chi connectivity index (χ0) is 22.2. The van der Waals surface area contributed by atoms with Gasteiger partial charge in [-0.15, -0.1) is 0 Å². The number of amides is 2. The largest absolute Gasteiger partial charge is 0.483 e. The number of halogens is 1. The van der Waals surface area contributed by atoms with Crippen molar-refractivity contribution in [2.24, 2.45) is 0 Å². The fourth-order valence-electron chi connectivity index (χ4n) is 3.35. The van der Waals surface area contributed by atoms with E-state index in [1.165, 1.54) is 0 Å². The van der Waals surface area contributed by atoms with Gasteiger partial charge in [0.2, 0.25) is 5.91 Å². The number of hydrogen-bond donors (Lipinski definition) is 1. The molecule has 0 bridgehead atoms. The molecule has 162 valence electrons. The zero-order valence-electron chi connectivity index (χ0n) is 17.8. The minimum absolute atomic E-state index is 0.145. The molecular weight excluding hydrogens is 456 g/mol. The fraction of sp³-hybridized carbons (Fsp3) is 0.280. The quantitative estimate of drug-likeness (QED) is 0.470. The predicted molar refractivity (Wildman–Crippen MR) is 127 cm³/mol. The number of hydrogen-bond acceptors (Lipinski definition) is 3. The SMILES string of the molecule is CCCNC(=O)[C@@H](C)N(Cc1cccc(Br)c1)C(=O)COc1cccc2ccccc12. The third-order valence-electron chi connectivity index (χ3n) is 5.06. The summed E-state index contributed by atoms with van der Waals surface area (Å²) in [7, 11) is 0. The van der Waals surface area contributed by atoms with Crippen LogP contribution in [0.25, 0.3) is 10.8 Å². The molecular formula is C25H27BrN2O3. The van der Waals surface area contributed by atoms with Gasteiger partial charge in [0.25, 0.3) is 5.91 Å². The van der Waals surface area contributed by atoms with Gasteiger partial charge < -0.3 is 15.0 Å². The molecule has 0 spiro atoms. The molecule has 3 aromatic rings. The van der Waals surface area contributed by atoms with Crippen LogP contribution in [0.15, 0.2) is 71.2 Å². The maximum absolute atomic E-state index is 13.2. The Kier molecular flexibility index (Phi) is 8.06. The maximum atomic E-state index is 13.2. The van der Waals surface area contributed by atoms with Gasteiger partial charge in [0.15, 0.2) is 6.61 Å². The van der Waals surface area contributed by atoms with Crippen molar-refractivity contribution < 1.29 is 14.3 Å². The smallest absolute Gasteiger partial charge is 0.261 e. The molecule has 1 N–H and O–H groups in total. The number of nitrogens with zero attached hydrogens (tertiary/aromatic N) is 1. The first-order valence-corrected chi connectivity index (χ1v) is 11.2. The summed E-state index contributed by atoms with van der Waals surface area (Å²) in [6, 6.07) is 20.7. The molecule has 0 unspecified atom stereocenters. The highest BCUT2D eigenvalue weighted by Gasteiger charge is 2.26. The van der Waals surface area contributed by atoms with E-state index in [4.69, 9.17) is 4.74 Å². The Hall–Kier alpha value is -2.86. The summed E-state index contributed by atoms with van der Waals surface area (Å²) in [6.45, 7) is 4.49. The molecule has 0 aliphatic rings. The van der Waals surface area contributed by atoms with Crippen molar-refractivity contribution in [2.75, 3.05) is 13.2 Å². The molecule has 0 heterocycles. The topological polar surface area (TPSA) is 58.6 Å². The van der Waals surface area contributed by atoms with Gasteiger partial charge in [-0.3, -0.25) is 9.59 Å². The van der Waals surface area contributed by atoms with Crippen molar-refractivity contribution in [3.63, 3.8) is 0 Å². The summed E-state index contributed by atoms with van der Waals surface area (Å²) in [5, 5.41) is 4.88. The van der Waals surface area contributed by atoms with E-state index in [2.05, 4.69) is 21.2 Å². The first-order valence-electron chi connectivity index (χ1n) is 10.4. The van der Waals surface area contributed by atoms with Crippen LogP contribution in [0.2, 0.25) is 0 Å². The van der Waals surface area contributed by atoms with Crippen LogP contribution in [-0.4, -0.2) is 35.9 Å². The number of nitrogens with one attached hydrogen (secondary N) is 1. The first-order chi connectivity index (χ1) is 15.0. The lowest BCUT2D eigenvalue weighted by Gasteiger charge is -2.29. The Balaban J connectivity index is 1.78. The molecule has 0 radical (unpaired) electrons. The number of rotatable bonds is 9. The maximum Gasteiger partial charge on any atom is 0.261 e. The Labute approximate surface area is 191 Å². The molecule has 31 heavy (non-hydrogen) atoms. The second-order valence-electron chi connectivity index (χ2n) is 7.38. The van der Waals surface area contributed by atoms with E-state index in [0.717, 1.165) is 27.2 Å². The molecule has 2 amide bonds. The average molecular weight is 483 g/mol. The van der Waals surface area contributed by atoms with Crippen LogP contribution in [0.4, 0.5) is 0 Å². The van der Waals surface area contributed by atoms with Gasteiger partial charge in [-0.05, 0) is 42.5 Å². The summed E-state index contributed by atoms with van der Waals surface area (Å²) < 4.78 is 6.83. The Bertz CT molecular complexity index is 1050. The Morgan fingerprint density at radius 1 is 1.06 bits per heavy atom. The summed E-state index contributed by atoms with van der Waals surface area (Å²) in [5.74, 6) is 0.236. The summed E-state index contributed by atoms with van der Waals surface area (Å²) in [6.07, 6.45) is 0.836. The van der Waals surface area contributed by atoms with Crippen LogP contribution in [0.3, 0.4) is 0 Å². The van der Waals surface area contributed by atoms with E-state index in [9.17, 15) is 9.59 Å². The number of ether oxygens (including phenoxy) is 1. The summed E-state index contributed by atoms with van der Waals surface area (Å²) in [5.41, 5.74) is 0.933. The van der Waals surface area contributed by atoms with Crippen LogP contribution >= 0.6 is 15.9 Å². The molecule has 3 aromatic carbocycles. The molecule has 0 saturated carbocycles. The minimum Gasteiger partial charge on any atom is -0.483 e. The standard InChI is InChI=1S/C25H27BrN2O3/c1-3-14-27-25(30)18(2)28(16-19-8-6-11-21(26)15-19)24(29)17-31-23-13-7-10-20-9-4-5-12-22(20)23/h4-13,15,18H,3,14,16-17H2,1-2H3,(H,27,30)/t18-/m1/s1. The van der Waals surface area contributed by atoms with Crippen LogP contribution in [0, 0.1) is 0 Å². The van der Waals surface area contributed by atoms with E-state index in [1.54, 1.807) is 11.8 Å². The summed E-state index contributed by atoms with van der Waals surface area (Å²) in [4.78, 5) is 27.3. The van der Waals surface area contributed by atoms with Crippen molar-refractivity contribution in [2.45, 2.75) is 32.9 Å². The Morgan fingerprint density at radius 3 is 2.58 bits per heavy atom. The van der Waals surface area contributed by atoms with Crippen molar-refractivity contribution in [1.29, 1.82) is 0 Å². The van der Waals surface area contributed by atoms with Crippen LogP contribution in [0.1, 0.15) is 25.8 Å². The van der Waals surface area contributed by atoms with Crippen molar-refractivity contribution in [3.8, 4) is 5.75 Å². The van der Waals surface area contributed by atoms with E-state index in [0.29, 0.717) is 18.8 Å². The van der Waals surface area contributed by atoms with Crippen LogP contribution in [0.5, 0.6) is 5.75 Å². The van der Waals surface area contributed by atoms with Gasteiger partial charge in [0.05, 0.1) is 0 Å². The Morgan fingerprint density at radius 2 is 1.81 bits per heavy atom. The molecule has 0 fully saturated rings. The van der Waals surface area contributed by atoms with Crippen LogP contribution < -0.4 is 10.1 Å². The third-order valence-corrected chi connectivity index (χ3v) is 5.55. The lowest BCUT2D eigenvalue weighted by Crippen LogP contribution is -2.49. The summed E-state index contributed by atoms with van der Waals surface area (Å²) >= 11 is 3.47. The van der Waals surface area contributed by atoms with E-state index in [-0.39, 0.29) is 18.4 Å². The van der Waals surface area contributed by atoms with Gasteiger partial charge in [0.1, 0.15) is 11.8 Å². The number of carbonyl (C=O) groups is 2. The van der Waals surface area contributed by atoms with E-state index in [1.807, 2.05) is 73.7 Å². The average Bonchev–Trinajstić information content (AvgIpc) is 2.79. The monoisotopic (exact) mass is 482 g/mol. The van der Waals surface area contributed by atoms with E-state index >= 15 is 0 Å². The normalized spacial score (nSPS) is 11.7. The predicted octanol–water partition coefficient (Wildman–Crippen LogP) is 4.92. The van der Waals surface area contributed by atoms with Crippen LogP contribution in [-0.2, 0) is 16.1 Å². The molecule has 3 rings (SSSR count). The molecule has 0 aliphatic carbocycles. The highest BCUT2D eigenvalue weighted by atomic mass is 79.9. The molecule has 1 atom stereocenters. The lowest BCUT2D eigenvalue weighted by atomic mass is 10.1. The van der Waals surface area contributed by atoms with Gasteiger partial charge in [-0.25, -0.2) is 0 Å². The number of fused-ring (bicyclic) bond motifs is 1.